The largest absolute Gasteiger partial charge is 0.387 e. The fourth-order valence-electron chi connectivity index (χ4n) is 5.00. The lowest BCUT2D eigenvalue weighted by atomic mass is 10.0. The van der Waals surface area contributed by atoms with Crippen molar-refractivity contribution in [1.29, 1.82) is 0 Å². The third-order valence-corrected chi connectivity index (χ3v) is 6.71. The van der Waals surface area contributed by atoms with Gasteiger partial charge in [0.1, 0.15) is 11.9 Å². The zero-order valence-corrected chi connectivity index (χ0v) is 18.4. The molecule has 1 aromatic heterocycles. The van der Waals surface area contributed by atoms with Crippen LogP contribution in [0, 0.1) is 0 Å². The van der Waals surface area contributed by atoms with Crippen molar-refractivity contribution >= 4 is 11.6 Å². The summed E-state index contributed by atoms with van der Waals surface area (Å²) in [5.74, 6) is 0.476. The molecular formula is C26H28N4O3. The van der Waals surface area contributed by atoms with Gasteiger partial charge in [0.05, 0.1) is 6.10 Å². The van der Waals surface area contributed by atoms with E-state index in [4.69, 9.17) is 0 Å². The van der Waals surface area contributed by atoms with Crippen LogP contribution in [0.2, 0.25) is 0 Å². The number of amides is 1. The van der Waals surface area contributed by atoms with Crippen molar-refractivity contribution in [3.8, 4) is 0 Å². The Labute approximate surface area is 192 Å². The maximum Gasteiger partial charge on any atom is 0.254 e. The highest BCUT2D eigenvalue weighted by Gasteiger charge is 2.31. The Morgan fingerprint density at radius 1 is 1.09 bits per heavy atom. The first-order valence-electron chi connectivity index (χ1n) is 11.5. The summed E-state index contributed by atoms with van der Waals surface area (Å²) in [4.78, 5) is 29.1. The maximum atomic E-state index is 12.8. The molecule has 1 saturated heterocycles. The van der Waals surface area contributed by atoms with Gasteiger partial charge in [-0.15, -0.1) is 0 Å². The minimum Gasteiger partial charge on any atom is -0.387 e. The Balaban J connectivity index is 1.17. The smallest absolute Gasteiger partial charge is 0.254 e. The van der Waals surface area contributed by atoms with Crippen LogP contribution in [-0.4, -0.2) is 32.6 Å². The number of hydrogen-bond acceptors (Lipinski definition) is 5. The van der Waals surface area contributed by atoms with Gasteiger partial charge in [-0.25, -0.2) is 4.98 Å². The summed E-state index contributed by atoms with van der Waals surface area (Å²) in [6.45, 7) is 0. The second kappa shape index (κ2) is 9.29. The van der Waals surface area contributed by atoms with Crippen LogP contribution in [0.3, 0.4) is 0 Å². The molecule has 0 radical (unpaired) electrons. The van der Waals surface area contributed by atoms with Crippen LogP contribution in [0.25, 0.3) is 0 Å². The van der Waals surface area contributed by atoms with Crippen molar-refractivity contribution in [2.45, 2.75) is 56.3 Å². The molecule has 7 heteroatoms. The topological polar surface area (TPSA) is 96.2 Å². The van der Waals surface area contributed by atoms with Gasteiger partial charge < -0.3 is 15.7 Å². The van der Waals surface area contributed by atoms with Gasteiger partial charge >= 0.3 is 0 Å². The number of aromatic nitrogens is 2. The van der Waals surface area contributed by atoms with E-state index in [2.05, 4.69) is 15.6 Å². The number of benzene rings is 2. The average Bonchev–Trinajstić information content (AvgIpc) is 3.49. The quantitative estimate of drug-likeness (QED) is 0.543. The summed E-state index contributed by atoms with van der Waals surface area (Å²) in [6.07, 6.45) is 5.02. The number of carbonyl (C=O) groups is 1. The molecule has 3 aromatic rings. The lowest BCUT2D eigenvalue weighted by Crippen LogP contribution is -2.35. The van der Waals surface area contributed by atoms with Crippen LogP contribution in [0.5, 0.6) is 0 Å². The number of hydrogen-bond donors (Lipinski definition) is 3. The predicted octanol–water partition coefficient (Wildman–Crippen LogP) is 2.77. The van der Waals surface area contributed by atoms with Crippen molar-refractivity contribution in [3.63, 3.8) is 0 Å². The first-order chi connectivity index (χ1) is 16.1. The molecule has 3 N–H and O–H groups in total. The SMILES string of the molecule is O=C(Nc1ccc(C[C@@H]2CC[C@H](C(O)c3ccccc3)N2)cc1)[C@@H]1CCc2nccc(=O)n21. The first-order valence-corrected chi connectivity index (χ1v) is 11.5. The second-order valence-electron chi connectivity index (χ2n) is 8.92. The van der Waals surface area contributed by atoms with Gasteiger partial charge in [0.25, 0.3) is 5.56 Å². The van der Waals surface area contributed by atoms with Gasteiger partial charge in [-0.05, 0) is 48.9 Å². The van der Waals surface area contributed by atoms with Crippen LogP contribution >= 0.6 is 0 Å². The summed E-state index contributed by atoms with van der Waals surface area (Å²) in [7, 11) is 0. The minimum absolute atomic E-state index is 0.0585. The fourth-order valence-corrected chi connectivity index (χ4v) is 5.00. The number of fused-ring (bicyclic) bond motifs is 1. The van der Waals surface area contributed by atoms with Crippen LogP contribution in [0.1, 0.15) is 48.4 Å². The van der Waals surface area contributed by atoms with Gasteiger partial charge in [0, 0.05) is 36.5 Å². The maximum absolute atomic E-state index is 12.8. The van der Waals surface area contributed by atoms with Gasteiger partial charge in [-0.3, -0.25) is 14.2 Å². The number of rotatable bonds is 6. The molecule has 7 nitrogen and oxygen atoms in total. The number of nitrogens with zero attached hydrogens (tertiary/aromatic N) is 2. The molecule has 3 heterocycles. The summed E-state index contributed by atoms with van der Waals surface area (Å²) in [5.41, 5.74) is 2.64. The molecule has 2 aromatic carbocycles. The average molecular weight is 445 g/mol. The highest BCUT2D eigenvalue weighted by atomic mass is 16.3. The summed E-state index contributed by atoms with van der Waals surface area (Å²) in [5, 5.41) is 17.2. The van der Waals surface area contributed by atoms with Crippen molar-refractivity contribution in [2.75, 3.05) is 5.32 Å². The van der Waals surface area contributed by atoms with Crippen LogP contribution in [0.15, 0.2) is 71.7 Å². The normalized spacial score (nSPS) is 22.6. The van der Waals surface area contributed by atoms with Gasteiger partial charge in [-0.2, -0.15) is 0 Å². The lowest BCUT2D eigenvalue weighted by Gasteiger charge is -2.20. The van der Waals surface area contributed by atoms with E-state index in [0.717, 1.165) is 24.8 Å². The van der Waals surface area contributed by atoms with E-state index in [-0.39, 0.29) is 17.5 Å². The number of carbonyl (C=O) groups excluding carboxylic acids is 1. The van der Waals surface area contributed by atoms with Crippen molar-refractivity contribution in [1.82, 2.24) is 14.9 Å². The Bertz CT molecular complexity index is 1180. The fraction of sp³-hybridized carbons (Fsp3) is 0.346. The third kappa shape index (κ3) is 4.60. The summed E-state index contributed by atoms with van der Waals surface area (Å²) < 4.78 is 1.50. The minimum atomic E-state index is -0.517. The molecule has 2 aliphatic heterocycles. The molecule has 1 unspecified atom stereocenters. The van der Waals surface area contributed by atoms with Crippen molar-refractivity contribution in [2.24, 2.45) is 0 Å². The van der Waals surface area contributed by atoms with Crippen LogP contribution < -0.4 is 16.2 Å². The highest BCUT2D eigenvalue weighted by molar-refractivity contribution is 5.94. The monoisotopic (exact) mass is 444 g/mol. The standard InChI is InChI=1S/C26H28N4O3/c31-24-14-15-27-23-13-12-22(30(23)24)26(33)29-19-8-6-17(7-9-19)16-20-10-11-21(28-20)25(32)18-4-2-1-3-5-18/h1-9,14-15,20-22,25,28,32H,10-13,16H2,(H,29,33)/t20-,21+,22-,25?/m0/s1. The molecule has 0 saturated carbocycles. The van der Waals surface area contributed by atoms with Crippen LogP contribution in [0.4, 0.5) is 5.69 Å². The van der Waals surface area contributed by atoms with E-state index in [1.165, 1.54) is 22.4 Å². The number of anilines is 1. The molecule has 0 bridgehead atoms. The lowest BCUT2D eigenvalue weighted by molar-refractivity contribution is -0.119. The Hall–Kier alpha value is -3.29. The molecule has 33 heavy (non-hydrogen) atoms. The zero-order chi connectivity index (χ0) is 22.8. The predicted molar refractivity (Wildman–Crippen MR) is 126 cm³/mol. The molecule has 4 atom stereocenters. The molecule has 1 amide bonds. The summed E-state index contributed by atoms with van der Waals surface area (Å²) >= 11 is 0. The van der Waals surface area contributed by atoms with Crippen LogP contribution in [-0.2, 0) is 17.6 Å². The van der Waals surface area contributed by atoms with E-state index < -0.39 is 12.1 Å². The van der Waals surface area contributed by atoms with Gasteiger partial charge in [0.2, 0.25) is 5.91 Å². The molecule has 170 valence electrons. The Morgan fingerprint density at radius 2 is 1.88 bits per heavy atom. The van der Waals surface area contributed by atoms with Gasteiger partial charge in [0.15, 0.2) is 0 Å². The van der Waals surface area contributed by atoms with Gasteiger partial charge in [-0.1, -0.05) is 42.5 Å². The Morgan fingerprint density at radius 3 is 2.67 bits per heavy atom. The Kier molecular flexibility index (Phi) is 6.07. The molecule has 2 aliphatic rings. The number of nitrogens with one attached hydrogen (secondary N) is 2. The highest BCUT2D eigenvalue weighted by Crippen LogP contribution is 2.27. The second-order valence-corrected chi connectivity index (χ2v) is 8.92. The molecule has 0 spiro atoms. The van der Waals surface area contributed by atoms with Crippen molar-refractivity contribution in [3.05, 3.63) is 94.2 Å². The molecule has 1 fully saturated rings. The van der Waals surface area contributed by atoms with E-state index in [0.29, 0.717) is 30.4 Å². The molecule has 0 aliphatic carbocycles. The first kappa shape index (κ1) is 21.6. The zero-order valence-electron chi connectivity index (χ0n) is 18.4. The third-order valence-electron chi connectivity index (χ3n) is 6.71. The van der Waals surface area contributed by atoms with Crippen molar-refractivity contribution < 1.29 is 9.90 Å². The number of aliphatic hydroxyl groups is 1. The molecule has 5 rings (SSSR count). The van der Waals surface area contributed by atoms with E-state index in [1.807, 2.05) is 54.6 Å². The van der Waals surface area contributed by atoms with E-state index in [9.17, 15) is 14.7 Å². The number of aryl methyl sites for hydroxylation is 1. The van der Waals surface area contributed by atoms with E-state index in [1.54, 1.807) is 0 Å². The summed E-state index contributed by atoms with van der Waals surface area (Å²) in [6, 6.07) is 18.9. The van der Waals surface area contributed by atoms with E-state index >= 15 is 0 Å². The number of aliphatic hydroxyl groups excluding tert-OH is 1. The molecular weight excluding hydrogens is 416 g/mol.